The molecular weight excluding hydrogens is 271 g/mol. The number of urea groups is 1. The molecule has 1 aliphatic rings. The third-order valence-electron chi connectivity index (χ3n) is 2.86. The molecule has 1 heterocycles. The van der Waals surface area contributed by atoms with Crippen molar-refractivity contribution in [3.63, 3.8) is 0 Å². The molecule has 0 bridgehead atoms. The first-order valence-corrected chi connectivity index (χ1v) is 7.67. The van der Waals surface area contributed by atoms with Gasteiger partial charge in [-0.15, -0.1) is 0 Å². The molecule has 3 amide bonds. The van der Waals surface area contributed by atoms with Crippen LogP contribution in [0.3, 0.4) is 0 Å². The molecule has 2 unspecified atom stereocenters. The van der Waals surface area contributed by atoms with E-state index in [0.717, 1.165) is 4.90 Å². The predicted molar refractivity (Wildman–Crippen MR) is 71.4 cm³/mol. The van der Waals surface area contributed by atoms with Crippen molar-refractivity contribution >= 4 is 28.5 Å². The van der Waals surface area contributed by atoms with E-state index in [0.29, 0.717) is 0 Å². The molecule has 7 heteroatoms. The van der Waals surface area contributed by atoms with Crippen molar-refractivity contribution < 1.29 is 19.1 Å². The van der Waals surface area contributed by atoms with E-state index in [1.165, 1.54) is 18.2 Å². The average Bonchev–Trinajstić information content (AvgIpc) is 2.30. The average molecular weight is 285 g/mol. The van der Waals surface area contributed by atoms with Crippen molar-refractivity contribution in [1.29, 1.82) is 0 Å². The van der Waals surface area contributed by atoms with Gasteiger partial charge < -0.3 is 5.11 Å². The van der Waals surface area contributed by atoms with Gasteiger partial charge in [0.2, 0.25) is 5.25 Å². The Morgan fingerprint density at radius 1 is 1.32 bits per heavy atom. The predicted octanol–water partition coefficient (Wildman–Crippen LogP) is 0.447. The van der Waals surface area contributed by atoms with Gasteiger partial charge in [-0.3, -0.25) is 15.0 Å². The molecular formula is C12H14FN2O3S+. The maximum atomic E-state index is 13.7. The summed E-state index contributed by atoms with van der Waals surface area (Å²) in [6.45, 7) is 0. The summed E-state index contributed by atoms with van der Waals surface area (Å²) in [6, 6.07) is 4.80. The molecule has 0 aromatic heterocycles. The summed E-state index contributed by atoms with van der Waals surface area (Å²) in [5, 5.41) is 11.6. The van der Waals surface area contributed by atoms with Gasteiger partial charge in [0.05, 0.1) is 18.2 Å². The standard InChI is InChI=1S/C12H13FN2O3S/c1-19(2)9-10(16)14-12(18)15(11(9)17)8-6-4-3-5-7(8)13/h3-6,9,11,17H,1-2H3/p+1. The van der Waals surface area contributed by atoms with Crippen LogP contribution < -0.4 is 10.2 Å². The number of para-hydroxylation sites is 1. The second-order valence-electron chi connectivity index (χ2n) is 4.33. The Labute approximate surface area is 112 Å². The fourth-order valence-electron chi connectivity index (χ4n) is 1.98. The summed E-state index contributed by atoms with van der Waals surface area (Å²) in [5.41, 5.74) is -0.0459. The van der Waals surface area contributed by atoms with Gasteiger partial charge in [0.25, 0.3) is 5.91 Å². The minimum absolute atomic E-state index is 0.0459. The summed E-state index contributed by atoms with van der Waals surface area (Å²) < 4.78 is 13.7. The number of aliphatic hydroxyl groups excluding tert-OH is 1. The van der Waals surface area contributed by atoms with Crippen LogP contribution in [0, 0.1) is 5.82 Å². The number of benzene rings is 1. The Morgan fingerprint density at radius 3 is 2.53 bits per heavy atom. The number of hydrogen-bond acceptors (Lipinski definition) is 3. The molecule has 102 valence electrons. The van der Waals surface area contributed by atoms with E-state index < -0.39 is 40.1 Å². The van der Waals surface area contributed by atoms with E-state index in [-0.39, 0.29) is 5.69 Å². The summed E-state index contributed by atoms with van der Waals surface area (Å²) in [4.78, 5) is 24.4. The molecule has 1 fully saturated rings. The third-order valence-corrected chi connectivity index (χ3v) is 4.34. The number of nitrogens with one attached hydrogen (secondary N) is 1. The largest absolute Gasteiger partial charge is 0.368 e. The highest BCUT2D eigenvalue weighted by Crippen LogP contribution is 2.25. The van der Waals surface area contributed by atoms with Gasteiger partial charge in [0.1, 0.15) is 5.82 Å². The molecule has 1 aliphatic heterocycles. The fourth-order valence-corrected chi connectivity index (χ4v) is 3.08. The number of amides is 3. The van der Waals surface area contributed by atoms with Crippen LogP contribution in [0.1, 0.15) is 0 Å². The number of halogens is 1. The summed E-state index contributed by atoms with van der Waals surface area (Å²) in [5.74, 6) is -1.16. The van der Waals surface area contributed by atoms with Gasteiger partial charge in [-0.25, -0.2) is 9.18 Å². The lowest BCUT2D eigenvalue weighted by Crippen LogP contribution is -2.65. The highest BCUT2D eigenvalue weighted by Gasteiger charge is 2.48. The van der Waals surface area contributed by atoms with E-state index in [4.69, 9.17) is 0 Å². The molecule has 2 rings (SSSR count). The lowest BCUT2D eigenvalue weighted by molar-refractivity contribution is -0.122. The number of nitrogens with zero attached hydrogens (tertiary/aromatic N) is 1. The molecule has 1 aromatic carbocycles. The van der Waals surface area contributed by atoms with Crippen molar-refractivity contribution in [3.05, 3.63) is 30.1 Å². The summed E-state index contributed by atoms with van der Waals surface area (Å²) >= 11 is 0. The second-order valence-corrected chi connectivity index (χ2v) is 6.60. The molecule has 0 spiro atoms. The zero-order chi connectivity index (χ0) is 14.2. The number of anilines is 1. The van der Waals surface area contributed by atoms with Crippen LogP contribution in [0.15, 0.2) is 24.3 Å². The van der Waals surface area contributed by atoms with E-state index in [2.05, 4.69) is 5.32 Å². The molecule has 2 atom stereocenters. The molecule has 1 aromatic rings. The summed E-state index contributed by atoms with van der Waals surface area (Å²) in [6.07, 6.45) is 2.20. The number of rotatable bonds is 2. The van der Waals surface area contributed by atoms with E-state index in [1.807, 2.05) is 0 Å². The zero-order valence-electron chi connectivity index (χ0n) is 10.5. The molecule has 0 aliphatic carbocycles. The number of carbonyl (C=O) groups excluding carboxylic acids is 2. The quantitative estimate of drug-likeness (QED) is 0.775. The number of hydrogen-bond donors (Lipinski definition) is 2. The van der Waals surface area contributed by atoms with Crippen LogP contribution in [0.4, 0.5) is 14.9 Å². The van der Waals surface area contributed by atoms with Gasteiger partial charge in [0.15, 0.2) is 6.23 Å². The van der Waals surface area contributed by atoms with Crippen LogP contribution in [0.5, 0.6) is 0 Å². The lowest BCUT2D eigenvalue weighted by atomic mass is 10.2. The SMILES string of the molecule is C[S+](C)C1C(=O)NC(=O)N(c2ccccc2F)C1O. The first-order valence-electron chi connectivity index (χ1n) is 5.56. The van der Waals surface area contributed by atoms with Crippen molar-refractivity contribution in [3.8, 4) is 0 Å². The molecule has 19 heavy (non-hydrogen) atoms. The van der Waals surface area contributed by atoms with Gasteiger partial charge >= 0.3 is 6.03 Å². The molecule has 2 N–H and O–H groups in total. The normalized spacial score (nSPS) is 23.7. The monoisotopic (exact) mass is 285 g/mol. The maximum absolute atomic E-state index is 13.7. The Morgan fingerprint density at radius 2 is 1.95 bits per heavy atom. The number of aliphatic hydroxyl groups is 1. The van der Waals surface area contributed by atoms with E-state index >= 15 is 0 Å². The summed E-state index contributed by atoms with van der Waals surface area (Å²) in [7, 11) is -0.457. The van der Waals surface area contributed by atoms with Crippen molar-refractivity contribution in [1.82, 2.24) is 5.32 Å². The molecule has 0 radical (unpaired) electrons. The second kappa shape index (κ2) is 5.18. The van der Waals surface area contributed by atoms with Crippen LogP contribution in [-0.4, -0.2) is 41.0 Å². The van der Waals surface area contributed by atoms with E-state index in [1.54, 1.807) is 18.6 Å². The van der Waals surface area contributed by atoms with Crippen LogP contribution >= 0.6 is 0 Å². The Kier molecular flexibility index (Phi) is 3.77. The van der Waals surface area contributed by atoms with Gasteiger partial charge in [-0.05, 0) is 23.0 Å². The molecule has 0 saturated carbocycles. The maximum Gasteiger partial charge on any atom is 0.331 e. The number of imide groups is 1. The minimum Gasteiger partial charge on any atom is -0.368 e. The van der Waals surface area contributed by atoms with Crippen LogP contribution in [0.25, 0.3) is 0 Å². The number of carbonyl (C=O) groups is 2. The first-order chi connectivity index (χ1) is 8.93. The molecule has 5 nitrogen and oxygen atoms in total. The van der Waals surface area contributed by atoms with Gasteiger partial charge in [-0.1, -0.05) is 12.1 Å². The fraction of sp³-hybridized carbons (Fsp3) is 0.333. The highest BCUT2D eigenvalue weighted by molar-refractivity contribution is 7.96. The van der Waals surface area contributed by atoms with Crippen molar-refractivity contribution in [2.24, 2.45) is 0 Å². The smallest absolute Gasteiger partial charge is 0.331 e. The Hall–Kier alpha value is -1.60. The first kappa shape index (κ1) is 13.8. The topological polar surface area (TPSA) is 69.6 Å². The highest BCUT2D eigenvalue weighted by atomic mass is 32.2. The van der Waals surface area contributed by atoms with Crippen molar-refractivity contribution in [2.75, 3.05) is 17.4 Å². The zero-order valence-corrected chi connectivity index (χ0v) is 11.3. The van der Waals surface area contributed by atoms with E-state index in [9.17, 15) is 19.1 Å². The Balaban J connectivity index is 2.42. The minimum atomic E-state index is -1.36. The van der Waals surface area contributed by atoms with Crippen molar-refractivity contribution in [2.45, 2.75) is 11.5 Å². The van der Waals surface area contributed by atoms with Crippen LogP contribution in [-0.2, 0) is 15.7 Å². The van der Waals surface area contributed by atoms with Gasteiger partial charge in [0, 0.05) is 0 Å². The third kappa shape index (κ3) is 2.43. The Bertz CT molecular complexity index is 523. The lowest BCUT2D eigenvalue weighted by Gasteiger charge is -2.34. The van der Waals surface area contributed by atoms with Crippen LogP contribution in [0.2, 0.25) is 0 Å². The van der Waals surface area contributed by atoms with Gasteiger partial charge in [-0.2, -0.15) is 0 Å². The molecule has 1 saturated heterocycles.